The van der Waals surface area contributed by atoms with Crippen molar-refractivity contribution in [2.75, 3.05) is 4.90 Å². The molecule has 0 aliphatic rings. The van der Waals surface area contributed by atoms with Gasteiger partial charge in [-0.2, -0.15) is 0 Å². The van der Waals surface area contributed by atoms with Gasteiger partial charge in [0.05, 0.1) is 16.3 Å². The minimum atomic E-state index is -3.62. The van der Waals surface area contributed by atoms with Gasteiger partial charge in [0.2, 0.25) is 10.0 Å². The molecule has 0 saturated carbocycles. The summed E-state index contributed by atoms with van der Waals surface area (Å²) in [5.41, 5.74) is 1.91. The maximum atomic E-state index is 13.3. The lowest BCUT2D eigenvalue weighted by atomic mass is 10.2. The monoisotopic (exact) mass is 429 g/mol. The van der Waals surface area contributed by atoms with Gasteiger partial charge in [0.15, 0.2) is 5.13 Å². The minimum absolute atomic E-state index is 0.130. The van der Waals surface area contributed by atoms with E-state index in [1.807, 2.05) is 56.5 Å². The summed E-state index contributed by atoms with van der Waals surface area (Å²) in [5, 5.41) is 2.45. The highest BCUT2D eigenvalue weighted by molar-refractivity contribution is 7.89. The highest BCUT2D eigenvalue weighted by Gasteiger charge is 2.23. The summed E-state index contributed by atoms with van der Waals surface area (Å²) in [7, 11) is -3.62. The number of carbonyl (C=O) groups is 1. The predicted molar refractivity (Wildman–Crippen MR) is 116 cm³/mol. The smallest absolute Gasteiger partial charge is 0.264 e. The molecule has 8 heteroatoms. The van der Waals surface area contributed by atoms with Crippen molar-refractivity contribution in [1.82, 2.24) is 9.71 Å². The second kappa shape index (κ2) is 8.86. The van der Waals surface area contributed by atoms with Crippen LogP contribution in [0.2, 0.25) is 0 Å². The van der Waals surface area contributed by atoms with E-state index in [1.54, 1.807) is 4.90 Å². The van der Waals surface area contributed by atoms with Gasteiger partial charge in [-0.1, -0.05) is 25.1 Å². The van der Waals surface area contributed by atoms with Crippen LogP contribution in [0.4, 0.5) is 10.8 Å². The van der Waals surface area contributed by atoms with Crippen LogP contribution in [0.1, 0.15) is 36.3 Å². The van der Waals surface area contributed by atoms with Crippen molar-refractivity contribution in [2.45, 2.75) is 38.1 Å². The molecule has 0 saturated heterocycles. The zero-order chi connectivity index (χ0) is 21.0. The molecule has 0 radical (unpaired) electrons. The van der Waals surface area contributed by atoms with Gasteiger partial charge in [-0.3, -0.25) is 9.69 Å². The Kier molecular flexibility index (Phi) is 6.46. The molecule has 0 bridgehead atoms. The molecule has 0 aliphatic carbocycles. The van der Waals surface area contributed by atoms with Crippen LogP contribution in [0.5, 0.6) is 0 Å². The van der Waals surface area contributed by atoms with Crippen LogP contribution < -0.4 is 9.62 Å². The van der Waals surface area contributed by atoms with Gasteiger partial charge in [0.1, 0.15) is 0 Å². The second-order valence-corrected chi connectivity index (χ2v) is 9.25. The van der Waals surface area contributed by atoms with Crippen LogP contribution in [0, 0.1) is 6.92 Å². The Hall–Kier alpha value is -2.55. The van der Waals surface area contributed by atoms with E-state index in [-0.39, 0.29) is 16.8 Å². The molecule has 2 aromatic carbocycles. The number of thiazole rings is 1. The molecule has 1 atom stereocenters. The molecular formula is C21H23N3O3S2. The Bertz CT molecular complexity index is 1080. The summed E-state index contributed by atoms with van der Waals surface area (Å²) in [6.07, 6.45) is 0.690. The van der Waals surface area contributed by atoms with E-state index in [0.29, 0.717) is 22.8 Å². The normalized spacial score (nSPS) is 12.5. The van der Waals surface area contributed by atoms with Gasteiger partial charge in [-0.05, 0) is 56.7 Å². The SMILES string of the molecule is CCC(C)NS(=O)(=O)c1ccc(C(=O)N(c2ccccc2)c2nc(C)cs2)cc1. The third-order valence-corrected chi connectivity index (χ3v) is 6.95. The zero-order valence-electron chi connectivity index (χ0n) is 16.5. The van der Waals surface area contributed by atoms with Crippen molar-refractivity contribution in [1.29, 1.82) is 0 Å². The van der Waals surface area contributed by atoms with E-state index in [4.69, 9.17) is 0 Å². The van der Waals surface area contributed by atoms with E-state index in [2.05, 4.69) is 9.71 Å². The summed E-state index contributed by atoms with van der Waals surface area (Å²) >= 11 is 1.38. The third-order valence-electron chi connectivity index (χ3n) is 4.40. The third kappa shape index (κ3) is 4.90. The standard InChI is InChI=1S/C21H23N3O3S2/c1-4-15(2)23-29(26,27)19-12-10-17(11-13-19)20(25)24(18-8-6-5-7-9-18)21-22-16(3)14-28-21/h5-15,23H,4H2,1-3H3. The van der Waals surface area contributed by atoms with Gasteiger partial charge in [0.25, 0.3) is 5.91 Å². The van der Waals surface area contributed by atoms with Crippen LogP contribution in [0.3, 0.4) is 0 Å². The van der Waals surface area contributed by atoms with Crippen LogP contribution in [0.15, 0.2) is 64.9 Å². The molecule has 1 amide bonds. The van der Waals surface area contributed by atoms with Crippen LogP contribution in [0.25, 0.3) is 0 Å². The van der Waals surface area contributed by atoms with Gasteiger partial charge in [-0.15, -0.1) is 11.3 Å². The zero-order valence-corrected chi connectivity index (χ0v) is 18.1. The maximum Gasteiger partial charge on any atom is 0.264 e. The first-order valence-corrected chi connectivity index (χ1v) is 11.6. The van der Waals surface area contributed by atoms with Crippen molar-refractivity contribution in [2.24, 2.45) is 0 Å². The van der Waals surface area contributed by atoms with Gasteiger partial charge in [-0.25, -0.2) is 18.1 Å². The molecule has 1 aromatic heterocycles. The molecule has 3 rings (SSSR count). The van der Waals surface area contributed by atoms with E-state index in [1.165, 1.54) is 35.6 Å². The van der Waals surface area contributed by atoms with E-state index in [9.17, 15) is 13.2 Å². The van der Waals surface area contributed by atoms with Crippen LogP contribution in [-0.4, -0.2) is 25.4 Å². The summed E-state index contributed by atoms with van der Waals surface area (Å²) in [5.74, 6) is -0.274. The molecular weight excluding hydrogens is 406 g/mol. The first-order valence-electron chi connectivity index (χ1n) is 9.26. The van der Waals surface area contributed by atoms with Crippen LogP contribution in [-0.2, 0) is 10.0 Å². The number of benzene rings is 2. The number of sulfonamides is 1. The largest absolute Gasteiger partial charge is 0.268 e. The Morgan fingerprint density at radius 3 is 2.34 bits per heavy atom. The molecule has 0 spiro atoms. The first-order chi connectivity index (χ1) is 13.8. The number of nitrogens with zero attached hydrogens (tertiary/aromatic N) is 2. The number of anilines is 2. The molecule has 29 heavy (non-hydrogen) atoms. The fraction of sp³-hybridized carbons (Fsp3) is 0.238. The Morgan fingerprint density at radius 2 is 1.79 bits per heavy atom. The van der Waals surface area contributed by atoms with Crippen molar-refractivity contribution in [3.8, 4) is 0 Å². The average molecular weight is 430 g/mol. The lowest BCUT2D eigenvalue weighted by molar-refractivity contribution is 0.0999. The highest BCUT2D eigenvalue weighted by Crippen LogP contribution is 2.30. The Morgan fingerprint density at radius 1 is 1.14 bits per heavy atom. The number of rotatable bonds is 7. The topological polar surface area (TPSA) is 79.4 Å². The van der Waals surface area contributed by atoms with Crippen LogP contribution >= 0.6 is 11.3 Å². The predicted octanol–water partition coefficient (Wildman–Crippen LogP) is 4.51. The Labute approximate surface area is 175 Å². The number of aromatic nitrogens is 1. The molecule has 1 N–H and O–H groups in total. The number of amides is 1. The van der Waals surface area contributed by atoms with Crippen molar-refractivity contribution >= 4 is 38.1 Å². The lowest BCUT2D eigenvalue weighted by Gasteiger charge is -2.20. The van der Waals surface area contributed by atoms with Crippen molar-refractivity contribution in [3.05, 3.63) is 71.2 Å². The maximum absolute atomic E-state index is 13.3. The summed E-state index contributed by atoms with van der Waals surface area (Å²) in [4.78, 5) is 19.4. The number of para-hydroxylation sites is 1. The Balaban J connectivity index is 1.93. The lowest BCUT2D eigenvalue weighted by Crippen LogP contribution is -2.32. The molecule has 3 aromatic rings. The first kappa shape index (κ1) is 21.2. The summed E-state index contributed by atoms with van der Waals surface area (Å²) < 4.78 is 27.5. The molecule has 6 nitrogen and oxygen atoms in total. The van der Waals surface area contributed by atoms with Crippen molar-refractivity contribution in [3.63, 3.8) is 0 Å². The molecule has 152 valence electrons. The molecule has 1 unspecified atom stereocenters. The minimum Gasteiger partial charge on any atom is -0.268 e. The van der Waals surface area contributed by atoms with Gasteiger partial charge >= 0.3 is 0 Å². The quantitative estimate of drug-likeness (QED) is 0.599. The fourth-order valence-corrected chi connectivity index (χ4v) is 4.80. The number of nitrogens with one attached hydrogen (secondary N) is 1. The van der Waals surface area contributed by atoms with Crippen molar-refractivity contribution < 1.29 is 13.2 Å². The number of hydrogen-bond donors (Lipinski definition) is 1. The molecule has 0 fully saturated rings. The average Bonchev–Trinajstić information content (AvgIpc) is 3.14. The number of carbonyl (C=O) groups excluding carboxylic acids is 1. The number of hydrogen-bond acceptors (Lipinski definition) is 5. The highest BCUT2D eigenvalue weighted by atomic mass is 32.2. The second-order valence-electron chi connectivity index (χ2n) is 6.70. The van der Waals surface area contributed by atoms with Gasteiger partial charge < -0.3 is 0 Å². The van der Waals surface area contributed by atoms with E-state index in [0.717, 1.165) is 5.69 Å². The number of aryl methyl sites for hydroxylation is 1. The summed E-state index contributed by atoms with van der Waals surface area (Å²) in [6, 6.07) is 15.1. The molecule has 1 heterocycles. The van der Waals surface area contributed by atoms with E-state index >= 15 is 0 Å². The van der Waals surface area contributed by atoms with Gasteiger partial charge in [0, 0.05) is 17.0 Å². The molecule has 0 aliphatic heterocycles. The summed E-state index contributed by atoms with van der Waals surface area (Å²) in [6.45, 7) is 5.59. The fourth-order valence-electron chi connectivity index (χ4n) is 2.66. The van der Waals surface area contributed by atoms with E-state index < -0.39 is 10.0 Å².